The summed E-state index contributed by atoms with van der Waals surface area (Å²) in [5.74, 6) is 0. The molecular formula is C10H17N3O5. The van der Waals surface area contributed by atoms with Gasteiger partial charge in [0.25, 0.3) is 0 Å². The molecule has 0 saturated carbocycles. The number of nitrogens with zero attached hydrogens (tertiary/aromatic N) is 1. The molecule has 8 nitrogen and oxygen atoms in total. The largest absolute Gasteiger partial charge is 0.394 e. The Hall–Kier alpha value is -1.19. The summed E-state index contributed by atoms with van der Waals surface area (Å²) in [5, 5.41) is 31.5. The number of rotatable bonds is 2. The van der Waals surface area contributed by atoms with Crippen LogP contribution in [0.1, 0.15) is 6.92 Å². The first-order valence-electron chi connectivity index (χ1n) is 5.57. The van der Waals surface area contributed by atoms with Gasteiger partial charge in [0.2, 0.25) is 0 Å². The SMILES string of the molecule is C[C@@]1(O)[C@H](O)[C@@H](CO)O[C@H]1N1C=CC(N)NC1=O. The quantitative estimate of drug-likeness (QED) is 0.377. The third-order valence-corrected chi connectivity index (χ3v) is 3.17. The van der Waals surface area contributed by atoms with Crippen molar-refractivity contribution in [1.29, 1.82) is 0 Å². The van der Waals surface area contributed by atoms with E-state index >= 15 is 0 Å². The number of carbonyl (C=O) groups is 1. The molecule has 0 radical (unpaired) electrons. The van der Waals surface area contributed by atoms with Crippen LogP contribution in [0.2, 0.25) is 0 Å². The van der Waals surface area contributed by atoms with Gasteiger partial charge in [0.1, 0.15) is 17.8 Å². The molecule has 1 unspecified atom stereocenters. The maximum absolute atomic E-state index is 11.7. The Kier molecular flexibility index (Phi) is 3.30. The minimum Gasteiger partial charge on any atom is -0.394 e. The third-order valence-electron chi connectivity index (χ3n) is 3.17. The molecular weight excluding hydrogens is 242 g/mol. The zero-order valence-corrected chi connectivity index (χ0v) is 9.85. The van der Waals surface area contributed by atoms with E-state index in [1.54, 1.807) is 0 Å². The molecule has 5 atom stereocenters. The van der Waals surface area contributed by atoms with Crippen LogP contribution in [0.4, 0.5) is 4.79 Å². The van der Waals surface area contributed by atoms with E-state index in [2.05, 4.69) is 5.32 Å². The Labute approximate surface area is 104 Å². The number of nitrogens with two attached hydrogens (primary N) is 1. The van der Waals surface area contributed by atoms with Crippen LogP contribution in [0.5, 0.6) is 0 Å². The van der Waals surface area contributed by atoms with Gasteiger partial charge in [-0.25, -0.2) is 4.79 Å². The van der Waals surface area contributed by atoms with Crippen LogP contribution < -0.4 is 11.1 Å². The maximum atomic E-state index is 11.7. The summed E-state index contributed by atoms with van der Waals surface area (Å²) in [6.45, 7) is 0.889. The van der Waals surface area contributed by atoms with Crippen LogP contribution in [-0.2, 0) is 4.74 Å². The Bertz CT molecular complexity index is 373. The minimum atomic E-state index is -1.68. The molecule has 0 spiro atoms. The van der Waals surface area contributed by atoms with E-state index in [0.717, 1.165) is 4.90 Å². The summed E-state index contributed by atoms with van der Waals surface area (Å²) < 4.78 is 5.31. The van der Waals surface area contributed by atoms with E-state index in [4.69, 9.17) is 15.6 Å². The van der Waals surface area contributed by atoms with Crippen LogP contribution in [0.15, 0.2) is 12.3 Å². The van der Waals surface area contributed by atoms with Gasteiger partial charge in [0, 0.05) is 6.20 Å². The Morgan fingerprint density at radius 1 is 1.67 bits per heavy atom. The highest BCUT2D eigenvalue weighted by Crippen LogP contribution is 2.33. The van der Waals surface area contributed by atoms with Crippen molar-refractivity contribution < 1.29 is 24.9 Å². The van der Waals surface area contributed by atoms with E-state index in [1.807, 2.05) is 0 Å². The average Bonchev–Trinajstić information content (AvgIpc) is 2.52. The zero-order valence-electron chi connectivity index (χ0n) is 9.85. The van der Waals surface area contributed by atoms with E-state index in [1.165, 1.54) is 19.2 Å². The number of hydrogen-bond donors (Lipinski definition) is 5. The van der Waals surface area contributed by atoms with Crippen molar-refractivity contribution in [3.8, 4) is 0 Å². The molecule has 8 heteroatoms. The fraction of sp³-hybridized carbons (Fsp3) is 0.700. The summed E-state index contributed by atoms with van der Waals surface area (Å²) in [7, 11) is 0. The molecule has 2 rings (SSSR count). The average molecular weight is 259 g/mol. The van der Waals surface area contributed by atoms with E-state index in [0.29, 0.717) is 0 Å². The number of hydrogen-bond acceptors (Lipinski definition) is 6. The highest BCUT2D eigenvalue weighted by molar-refractivity contribution is 5.77. The van der Waals surface area contributed by atoms with Gasteiger partial charge in [-0.1, -0.05) is 0 Å². The molecule has 0 aromatic rings. The van der Waals surface area contributed by atoms with Crippen molar-refractivity contribution in [3.63, 3.8) is 0 Å². The predicted molar refractivity (Wildman–Crippen MR) is 59.9 cm³/mol. The van der Waals surface area contributed by atoms with E-state index in [9.17, 15) is 15.0 Å². The lowest BCUT2D eigenvalue weighted by atomic mass is 9.96. The van der Waals surface area contributed by atoms with Crippen molar-refractivity contribution in [2.75, 3.05) is 6.61 Å². The number of ether oxygens (including phenoxy) is 1. The normalized spacial score (nSPS) is 44.3. The predicted octanol–water partition coefficient (Wildman–Crippen LogP) is -2.36. The van der Waals surface area contributed by atoms with Crippen molar-refractivity contribution in [2.45, 2.75) is 37.1 Å². The first-order valence-corrected chi connectivity index (χ1v) is 5.57. The summed E-state index contributed by atoms with van der Waals surface area (Å²) in [5.41, 5.74) is 3.81. The molecule has 1 fully saturated rings. The number of aliphatic hydroxyl groups is 3. The zero-order chi connectivity index (χ0) is 13.5. The molecule has 0 bridgehead atoms. The smallest absolute Gasteiger partial charge is 0.325 e. The molecule has 0 aliphatic carbocycles. The van der Waals surface area contributed by atoms with E-state index < -0.39 is 42.8 Å². The number of carbonyl (C=O) groups excluding carboxylic acids is 1. The number of aliphatic hydroxyl groups excluding tert-OH is 2. The monoisotopic (exact) mass is 259 g/mol. The van der Waals surface area contributed by atoms with Crippen LogP contribution >= 0.6 is 0 Å². The number of nitrogens with one attached hydrogen (secondary N) is 1. The third kappa shape index (κ3) is 1.98. The second-order valence-corrected chi connectivity index (χ2v) is 4.60. The van der Waals surface area contributed by atoms with Crippen LogP contribution in [-0.4, -0.2) is 63.1 Å². The van der Waals surface area contributed by atoms with Crippen LogP contribution in [0, 0.1) is 0 Å². The highest BCUT2D eigenvalue weighted by atomic mass is 16.6. The van der Waals surface area contributed by atoms with Crippen molar-refractivity contribution in [1.82, 2.24) is 10.2 Å². The van der Waals surface area contributed by atoms with Gasteiger partial charge in [-0.3, -0.25) is 4.90 Å². The van der Waals surface area contributed by atoms with Gasteiger partial charge in [-0.2, -0.15) is 0 Å². The molecule has 2 heterocycles. The van der Waals surface area contributed by atoms with Gasteiger partial charge >= 0.3 is 6.03 Å². The summed E-state index contributed by atoms with van der Waals surface area (Å²) in [6.07, 6.45) is -1.02. The van der Waals surface area contributed by atoms with Crippen LogP contribution in [0.25, 0.3) is 0 Å². The second kappa shape index (κ2) is 4.48. The lowest BCUT2D eigenvalue weighted by Crippen LogP contribution is -2.58. The molecule has 2 aliphatic rings. The van der Waals surface area contributed by atoms with E-state index in [-0.39, 0.29) is 0 Å². The molecule has 2 amide bonds. The standard InChI is InChI=1S/C10H17N3O5/c1-10(17)7(15)5(4-14)18-8(10)13-3-2-6(11)12-9(13)16/h2-3,5-8,14-15,17H,4,11H2,1H3,(H,12,16)/t5-,6?,7-,8-,10-/m1/s1. The topological polar surface area (TPSA) is 128 Å². The van der Waals surface area contributed by atoms with Gasteiger partial charge in [-0.05, 0) is 13.0 Å². The molecule has 0 aromatic heterocycles. The maximum Gasteiger partial charge on any atom is 0.325 e. The highest BCUT2D eigenvalue weighted by Gasteiger charge is 2.55. The molecule has 102 valence electrons. The Morgan fingerprint density at radius 3 is 2.83 bits per heavy atom. The first-order chi connectivity index (χ1) is 8.37. The van der Waals surface area contributed by atoms with Crippen molar-refractivity contribution >= 4 is 6.03 Å². The minimum absolute atomic E-state index is 0.452. The van der Waals surface area contributed by atoms with Gasteiger partial charge in [-0.15, -0.1) is 0 Å². The van der Waals surface area contributed by atoms with Gasteiger partial charge < -0.3 is 31.1 Å². The van der Waals surface area contributed by atoms with Crippen molar-refractivity contribution in [3.05, 3.63) is 12.3 Å². The van der Waals surface area contributed by atoms with Gasteiger partial charge in [0.05, 0.1) is 12.8 Å². The molecule has 6 N–H and O–H groups in total. The molecule has 18 heavy (non-hydrogen) atoms. The Balaban J connectivity index is 2.23. The lowest BCUT2D eigenvalue weighted by molar-refractivity contribution is -0.107. The summed E-state index contributed by atoms with van der Waals surface area (Å²) in [4.78, 5) is 12.8. The molecule has 0 aromatic carbocycles. The number of urea groups is 1. The van der Waals surface area contributed by atoms with Crippen LogP contribution in [0.3, 0.4) is 0 Å². The summed E-state index contributed by atoms with van der Waals surface area (Å²) in [6, 6.07) is -0.541. The lowest BCUT2D eigenvalue weighted by Gasteiger charge is -2.35. The second-order valence-electron chi connectivity index (χ2n) is 4.60. The van der Waals surface area contributed by atoms with Gasteiger partial charge in [0.15, 0.2) is 6.23 Å². The Morgan fingerprint density at radius 2 is 2.33 bits per heavy atom. The van der Waals surface area contributed by atoms with Crippen molar-refractivity contribution in [2.24, 2.45) is 5.73 Å². The molecule has 1 saturated heterocycles. The number of amides is 2. The summed E-state index contributed by atoms with van der Waals surface area (Å²) >= 11 is 0. The molecule has 2 aliphatic heterocycles. The fourth-order valence-electron chi connectivity index (χ4n) is 2.09. The first kappa shape index (κ1) is 13.2. The fourth-order valence-corrected chi connectivity index (χ4v) is 2.09.